The van der Waals surface area contributed by atoms with Crippen molar-refractivity contribution in [2.24, 2.45) is 47.3 Å². The lowest BCUT2D eigenvalue weighted by Crippen LogP contribution is -2.59. The molecule has 14 atom stereocenters. The van der Waals surface area contributed by atoms with Crippen molar-refractivity contribution in [1.82, 2.24) is 14.7 Å². The molecule has 328 valence electrons. The summed E-state index contributed by atoms with van der Waals surface area (Å²) in [5, 5.41) is 1.73. The van der Waals surface area contributed by atoms with Crippen LogP contribution in [0.5, 0.6) is 0 Å². The number of fused-ring (bicyclic) bond motifs is 10. The minimum Gasteiger partial charge on any atom is -0.368 e. The van der Waals surface area contributed by atoms with E-state index < -0.39 is 0 Å². The molecule has 12 rings (SSSR count). The Bertz CT molecular complexity index is 1680. The summed E-state index contributed by atoms with van der Waals surface area (Å²) >= 11 is 2.42. The predicted molar refractivity (Wildman–Crippen MR) is 252 cm³/mol. The summed E-state index contributed by atoms with van der Waals surface area (Å²) < 4.78 is 0. The van der Waals surface area contributed by atoms with Gasteiger partial charge in [-0.05, 0) is 182 Å². The Balaban J connectivity index is 0.984. The van der Waals surface area contributed by atoms with Crippen molar-refractivity contribution in [3.05, 3.63) is 59.6 Å². The number of likely N-dealkylation sites (tertiary alicyclic amines) is 1. The van der Waals surface area contributed by atoms with Crippen LogP contribution in [0.15, 0.2) is 59.6 Å². The van der Waals surface area contributed by atoms with Gasteiger partial charge in [-0.3, -0.25) is 4.90 Å². The zero-order valence-electron chi connectivity index (χ0n) is 37.7. The topological polar surface area (TPSA) is 9.72 Å². The second kappa shape index (κ2) is 17.5. The molecule has 0 N–H and O–H groups in total. The van der Waals surface area contributed by atoms with E-state index in [1.165, 1.54) is 193 Å². The van der Waals surface area contributed by atoms with E-state index in [9.17, 15) is 0 Å². The van der Waals surface area contributed by atoms with Crippen molar-refractivity contribution >= 4 is 11.8 Å². The molecule has 8 fully saturated rings. The van der Waals surface area contributed by atoms with Crippen molar-refractivity contribution in [1.29, 1.82) is 0 Å². The van der Waals surface area contributed by atoms with E-state index in [0.29, 0.717) is 6.04 Å². The largest absolute Gasteiger partial charge is 0.368 e. The SMILES string of the molecule is C1=CCCC(N(C2CCCCC2)C2CC3C(C4CCCCC42)C2C4CCCCC4C(N(C4=CCCCC4)C4CCCCC4)=CC2N3C2CCC3SC4C=CCCC4C3C2)=C1. The maximum absolute atomic E-state index is 3.49. The highest BCUT2D eigenvalue weighted by molar-refractivity contribution is 8.01. The number of rotatable bonds is 7. The van der Waals surface area contributed by atoms with Gasteiger partial charge in [0.05, 0.1) is 0 Å². The second-order valence-electron chi connectivity index (χ2n) is 23.1. The maximum Gasteiger partial charge on any atom is 0.0338 e. The Morgan fingerprint density at radius 3 is 2.15 bits per heavy atom. The minimum atomic E-state index is 0.670. The normalized spacial score (nSPS) is 44.6. The van der Waals surface area contributed by atoms with Crippen molar-refractivity contribution in [3.8, 4) is 0 Å². The zero-order valence-corrected chi connectivity index (χ0v) is 38.6. The zero-order chi connectivity index (χ0) is 39.6. The highest BCUT2D eigenvalue weighted by atomic mass is 32.2. The van der Waals surface area contributed by atoms with Crippen LogP contribution in [-0.2, 0) is 0 Å². The molecule has 0 amide bonds. The average molecular weight is 830 g/mol. The van der Waals surface area contributed by atoms with E-state index in [2.05, 4.69) is 69.0 Å². The van der Waals surface area contributed by atoms with Gasteiger partial charge in [-0.15, -0.1) is 0 Å². The molecule has 0 aromatic heterocycles. The molecule has 60 heavy (non-hydrogen) atoms. The lowest BCUT2D eigenvalue weighted by atomic mass is 9.54. The summed E-state index contributed by atoms with van der Waals surface area (Å²) in [5.41, 5.74) is 5.42. The first kappa shape index (κ1) is 40.1. The van der Waals surface area contributed by atoms with E-state index in [4.69, 9.17) is 0 Å². The van der Waals surface area contributed by atoms with Gasteiger partial charge < -0.3 is 9.80 Å². The summed E-state index contributed by atoms with van der Waals surface area (Å²) in [4.78, 5) is 9.91. The van der Waals surface area contributed by atoms with Crippen molar-refractivity contribution in [2.45, 2.75) is 239 Å². The van der Waals surface area contributed by atoms with E-state index in [0.717, 1.165) is 88.1 Å². The highest BCUT2D eigenvalue weighted by Gasteiger charge is 2.64. The van der Waals surface area contributed by atoms with Gasteiger partial charge in [0.1, 0.15) is 0 Å². The molecule has 0 radical (unpaired) electrons. The molecule has 2 heterocycles. The fraction of sp³-hybridized carbons (Fsp3) is 0.821. The molecule has 6 saturated carbocycles. The minimum absolute atomic E-state index is 0.670. The summed E-state index contributed by atoms with van der Waals surface area (Å²) in [6.07, 6.45) is 61.9. The van der Waals surface area contributed by atoms with Crippen LogP contribution in [0.3, 0.4) is 0 Å². The maximum atomic E-state index is 3.49. The second-order valence-corrected chi connectivity index (χ2v) is 24.5. The van der Waals surface area contributed by atoms with Gasteiger partial charge in [0.25, 0.3) is 0 Å². The lowest BCUT2D eigenvalue weighted by molar-refractivity contribution is -0.0495. The molecule has 3 nitrogen and oxygen atoms in total. The molecule has 12 aliphatic rings. The third-order valence-electron chi connectivity index (χ3n) is 20.4. The third kappa shape index (κ3) is 7.14. The molecule has 2 aliphatic heterocycles. The average Bonchev–Trinajstić information content (AvgIpc) is 3.86. The van der Waals surface area contributed by atoms with Crippen LogP contribution in [0.25, 0.3) is 0 Å². The first-order valence-electron chi connectivity index (χ1n) is 27.2. The van der Waals surface area contributed by atoms with Crippen molar-refractivity contribution < 1.29 is 0 Å². The van der Waals surface area contributed by atoms with E-state index in [-0.39, 0.29) is 0 Å². The van der Waals surface area contributed by atoms with Gasteiger partial charge in [0.15, 0.2) is 0 Å². The molecular weight excluding hydrogens is 747 g/mol. The van der Waals surface area contributed by atoms with Crippen LogP contribution in [0, 0.1) is 47.3 Å². The highest BCUT2D eigenvalue weighted by Crippen LogP contribution is 2.64. The predicted octanol–water partition coefficient (Wildman–Crippen LogP) is 14.1. The van der Waals surface area contributed by atoms with Gasteiger partial charge in [-0.2, -0.15) is 11.8 Å². The molecule has 14 unspecified atom stereocenters. The molecule has 10 aliphatic carbocycles. The number of hydrogen-bond donors (Lipinski definition) is 0. The Morgan fingerprint density at radius 1 is 0.567 bits per heavy atom. The number of hydrogen-bond acceptors (Lipinski definition) is 4. The molecule has 2 saturated heterocycles. The standard InChI is InChI=1S/C56H83N3S/c1-5-19-38(20-6-1)57(39-21-7-2-8-22-39)49-36-51-55(46-30-15-13-27-43(46)49)56-47-31-16-14-28-44(47)50(58(40-23-9-3-10-24-40)41-25-11-4-12-26-41)37-52(56)59(51)42-33-34-54-48(35-42)45-29-17-18-32-53(45)60-54/h1,5,18-19,23,32,37,39,41-49,51-56H,2-4,6-17,20-22,24-31,33-36H2. The Labute approximate surface area is 371 Å². The van der Waals surface area contributed by atoms with Gasteiger partial charge in [0.2, 0.25) is 0 Å². The van der Waals surface area contributed by atoms with Gasteiger partial charge in [0, 0.05) is 69.8 Å². The summed E-state index contributed by atoms with van der Waals surface area (Å²) in [6.45, 7) is 0. The molecular formula is C56H83N3S. The van der Waals surface area contributed by atoms with Crippen LogP contribution in [0.2, 0.25) is 0 Å². The van der Waals surface area contributed by atoms with Crippen LogP contribution < -0.4 is 0 Å². The van der Waals surface area contributed by atoms with Crippen molar-refractivity contribution in [2.75, 3.05) is 0 Å². The molecule has 4 heteroatoms. The molecule has 0 bridgehead atoms. The summed E-state index contributed by atoms with van der Waals surface area (Å²) in [5.74, 6) is 7.26. The Hall–Kier alpha value is -1.39. The number of thioether (sulfide) groups is 1. The van der Waals surface area contributed by atoms with Crippen LogP contribution in [-0.4, -0.2) is 61.5 Å². The lowest BCUT2D eigenvalue weighted by Gasteiger charge is -2.57. The smallest absolute Gasteiger partial charge is 0.0338 e. The Morgan fingerprint density at radius 2 is 1.35 bits per heavy atom. The van der Waals surface area contributed by atoms with Crippen LogP contribution in [0.1, 0.15) is 193 Å². The van der Waals surface area contributed by atoms with Gasteiger partial charge >= 0.3 is 0 Å². The van der Waals surface area contributed by atoms with Gasteiger partial charge in [-0.1, -0.05) is 94.6 Å². The monoisotopic (exact) mass is 830 g/mol. The first-order chi connectivity index (χ1) is 29.8. The van der Waals surface area contributed by atoms with Crippen LogP contribution in [0.4, 0.5) is 0 Å². The molecule has 0 aromatic carbocycles. The van der Waals surface area contributed by atoms with E-state index in [1.807, 2.05) is 5.70 Å². The number of nitrogens with zero attached hydrogens (tertiary/aromatic N) is 3. The fourth-order valence-electron chi connectivity index (χ4n) is 18.2. The van der Waals surface area contributed by atoms with E-state index in [1.54, 1.807) is 11.4 Å². The first-order valence-corrected chi connectivity index (χ1v) is 28.2. The fourth-order valence-corrected chi connectivity index (χ4v) is 20.1. The van der Waals surface area contributed by atoms with Gasteiger partial charge in [-0.25, -0.2) is 0 Å². The number of allylic oxidation sites excluding steroid dienone is 8. The summed E-state index contributed by atoms with van der Waals surface area (Å²) in [6, 6.07) is 4.52. The Kier molecular flexibility index (Phi) is 11.7. The third-order valence-corrected chi connectivity index (χ3v) is 22.1. The van der Waals surface area contributed by atoms with Crippen molar-refractivity contribution in [3.63, 3.8) is 0 Å². The van der Waals surface area contributed by atoms with E-state index >= 15 is 0 Å². The molecule has 0 aromatic rings. The summed E-state index contributed by atoms with van der Waals surface area (Å²) in [7, 11) is 0. The molecule has 0 spiro atoms. The quantitative estimate of drug-likeness (QED) is 0.236. The van der Waals surface area contributed by atoms with Crippen LogP contribution >= 0.6 is 11.8 Å².